The number of benzene rings is 4. The SMILES string of the molecule is C[Si](C)(C)c1cc2ccc3c4ccc5c(ccc6ccoc65)c4ccc3c2o1. The summed E-state index contributed by atoms with van der Waals surface area (Å²) in [5, 5.41) is 10.8. The average Bonchev–Trinajstić information content (AvgIpc) is 3.33. The Bertz CT molecular complexity index is 1540. The number of hydrogen-bond acceptors (Lipinski definition) is 2. The first-order valence-corrected chi connectivity index (χ1v) is 13.2. The molecule has 0 bridgehead atoms. The van der Waals surface area contributed by atoms with E-state index < -0.39 is 8.07 Å². The maximum atomic E-state index is 6.38. The third kappa shape index (κ3) is 2.08. The van der Waals surface area contributed by atoms with Gasteiger partial charge in [-0.15, -0.1) is 0 Å². The van der Waals surface area contributed by atoms with Crippen LogP contribution in [0, 0.1) is 0 Å². The lowest BCUT2D eigenvalue weighted by Gasteiger charge is -2.11. The molecule has 0 radical (unpaired) electrons. The van der Waals surface area contributed by atoms with Crippen LogP contribution in [0.1, 0.15) is 0 Å². The third-order valence-electron chi connectivity index (χ3n) is 5.83. The molecule has 0 spiro atoms. The second kappa shape index (κ2) is 5.27. The summed E-state index contributed by atoms with van der Waals surface area (Å²) in [4.78, 5) is 0. The molecule has 0 N–H and O–H groups in total. The minimum Gasteiger partial charge on any atom is -0.466 e. The summed E-state index contributed by atoms with van der Waals surface area (Å²) in [5.74, 6) is 0. The Morgan fingerprint density at radius 3 is 1.79 bits per heavy atom. The number of rotatable bonds is 1. The minimum absolute atomic E-state index is 0.959. The van der Waals surface area contributed by atoms with E-state index in [1.807, 2.05) is 6.07 Å². The molecule has 6 rings (SSSR count). The summed E-state index contributed by atoms with van der Waals surface area (Å²) in [6.45, 7) is 6.97. The van der Waals surface area contributed by atoms with Gasteiger partial charge >= 0.3 is 0 Å². The number of fused-ring (bicyclic) bond motifs is 9. The summed E-state index contributed by atoms with van der Waals surface area (Å²) < 4.78 is 12.1. The van der Waals surface area contributed by atoms with Crippen LogP contribution in [0.5, 0.6) is 0 Å². The predicted octanol–water partition coefficient (Wildman–Crippen LogP) is 7.18. The molecule has 0 saturated carbocycles. The molecule has 136 valence electrons. The Balaban J connectivity index is 1.73. The second-order valence-corrected chi connectivity index (χ2v) is 13.7. The van der Waals surface area contributed by atoms with Crippen molar-refractivity contribution in [2.75, 3.05) is 0 Å². The fourth-order valence-electron chi connectivity index (χ4n) is 4.33. The summed E-state index contributed by atoms with van der Waals surface area (Å²) in [5.41, 5.74) is 1.97. The van der Waals surface area contributed by atoms with Crippen molar-refractivity contribution >= 4 is 67.7 Å². The van der Waals surface area contributed by atoms with Crippen LogP contribution in [-0.2, 0) is 0 Å². The molecule has 6 aromatic rings. The average molecular weight is 381 g/mol. The van der Waals surface area contributed by atoms with Gasteiger partial charge in [-0.05, 0) is 45.8 Å². The molecule has 0 amide bonds. The van der Waals surface area contributed by atoms with Gasteiger partial charge in [-0.3, -0.25) is 0 Å². The normalized spacial score (nSPS) is 12.8. The van der Waals surface area contributed by atoms with Gasteiger partial charge in [0.25, 0.3) is 0 Å². The maximum absolute atomic E-state index is 6.38. The molecule has 0 unspecified atom stereocenters. The van der Waals surface area contributed by atoms with Gasteiger partial charge in [-0.2, -0.15) is 0 Å². The third-order valence-corrected chi connectivity index (χ3v) is 7.55. The fourth-order valence-corrected chi connectivity index (χ4v) is 5.33. The standard InChI is InChI=1S/C25H20O2Si/c1-28(2,3)23-14-16-5-7-20-18-8-10-21-19(6-4-15-12-13-26-24(15)21)17(18)9-11-22(20)25(16)27-23/h4-14H,1-3H3. The predicted molar refractivity (Wildman–Crippen MR) is 121 cm³/mol. The topological polar surface area (TPSA) is 26.3 Å². The van der Waals surface area contributed by atoms with Crippen molar-refractivity contribution in [3.8, 4) is 0 Å². The van der Waals surface area contributed by atoms with Crippen LogP contribution in [0.4, 0.5) is 0 Å². The molecule has 2 aromatic heterocycles. The molecule has 0 aliphatic carbocycles. The lowest BCUT2D eigenvalue weighted by atomic mass is 9.96. The highest BCUT2D eigenvalue weighted by Crippen LogP contribution is 2.37. The minimum atomic E-state index is -1.49. The summed E-state index contributed by atoms with van der Waals surface area (Å²) in [6, 6.07) is 21.9. The van der Waals surface area contributed by atoms with Crippen LogP contribution < -0.4 is 5.38 Å². The van der Waals surface area contributed by atoms with Crippen LogP contribution in [0.15, 0.2) is 75.8 Å². The molecule has 0 fully saturated rings. The zero-order chi connectivity index (χ0) is 19.0. The van der Waals surface area contributed by atoms with E-state index in [1.165, 1.54) is 32.3 Å². The molecule has 0 atom stereocenters. The first-order chi connectivity index (χ1) is 13.5. The largest absolute Gasteiger partial charge is 0.466 e. The molecule has 2 heterocycles. The highest BCUT2D eigenvalue weighted by Gasteiger charge is 2.22. The van der Waals surface area contributed by atoms with E-state index in [9.17, 15) is 0 Å². The van der Waals surface area contributed by atoms with Crippen LogP contribution in [-0.4, -0.2) is 8.07 Å². The van der Waals surface area contributed by atoms with E-state index in [4.69, 9.17) is 8.83 Å². The lowest BCUT2D eigenvalue weighted by molar-refractivity contribution is 0.619. The zero-order valence-corrected chi connectivity index (χ0v) is 17.2. The molecular weight excluding hydrogens is 360 g/mol. The van der Waals surface area contributed by atoms with Gasteiger partial charge in [0.2, 0.25) is 0 Å². The number of furan rings is 2. The summed E-state index contributed by atoms with van der Waals surface area (Å²) in [7, 11) is -1.49. The Morgan fingerprint density at radius 2 is 1.11 bits per heavy atom. The van der Waals surface area contributed by atoms with Crippen molar-refractivity contribution in [1.29, 1.82) is 0 Å². The van der Waals surface area contributed by atoms with Crippen molar-refractivity contribution in [3.05, 3.63) is 66.9 Å². The van der Waals surface area contributed by atoms with Gasteiger partial charge in [-0.1, -0.05) is 56.0 Å². The van der Waals surface area contributed by atoms with Crippen molar-refractivity contribution < 1.29 is 8.83 Å². The molecule has 0 saturated heterocycles. The van der Waals surface area contributed by atoms with Gasteiger partial charge in [0.15, 0.2) is 0 Å². The van der Waals surface area contributed by atoms with Gasteiger partial charge in [0.05, 0.1) is 11.6 Å². The molecule has 3 heteroatoms. The highest BCUT2D eigenvalue weighted by atomic mass is 28.3. The zero-order valence-electron chi connectivity index (χ0n) is 16.2. The quantitative estimate of drug-likeness (QED) is 0.223. The maximum Gasteiger partial charge on any atom is 0.141 e. The molecule has 0 aliphatic heterocycles. The number of hydrogen-bond donors (Lipinski definition) is 0. The summed E-state index contributed by atoms with van der Waals surface area (Å²) in [6.07, 6.45) is 1.76. The van der Waals surface area contributed by atoms with Crippen molar-refractivity contribution in [1.82, 2.24) is 0 Å². The lowest BCUT2D eigenvalue weighted by Crippen LogP contribution is -2.36. The van der Waals surface area contributed by atoms with E-state index in [0.29, 0.717) is 0 Å². The fraction of sp³-hybridized carbons (Fsp3) is 0.120. The first-order valence-electron chi connectivity index (χ1n) is 9.69. The first kappa shape index (κ1) is 16.0. The molecule has 2 nitrogen and oxygen atoms in total. The van der Waals surface area contributed by atoms with Crippen LogP contribution in [0.3, 0.4) is 0 Å². The summed E-state index contributed by atoms with van der Waals surface area (Å²) >= 11 is 0. The Hall–Kier alpha value is -3.04. The van der Waals surface area contributed by atoms with E-state index in [0.717, 1.165) is 27.3 Å². The van der Waals surface area contributed by atoms with Crippen molar-refractivity contribution in [2.45, 2.75) is 19.6 Å². The monoisotopic (exact) mass is 380 g/mol. The smallest absolute Gasteiger partial charge is 0.141 e. The Morgan fingerprint density at radius 1 is 0.571 bits per heavy atom. The van der Waals surface area contributed by atoms with Gasteiger partial charge < -0.3 is 8.83 Å². The van der Waals surface area contributed by atoms with Crippen molar-refractivity contribution in [2.24, 2.45) is 0 Å². The van der Waals surface area contributed by atoms with Crippen molar-refractivity contribution in [3.63, 3.8) is 0 Å². The highest BCUT2D eigenvalue weighted by molar-refractivity contribution is 6.87. The molecule has 4 aromatic carbocycles. The van der Waals surface area contributed by atoms with Gasteiger partial charge in [0, 0.05) is 21.5 Å². The second-order valence-electron chi connectivity index (χ2n) is 8.67. The van der Waals surface area contributed by atoms with Gasteiger partial charge in [0.1, 0.15) is 19.2 Å². The van der Waals surface area contributed by atoms with E-state index in [2.05, 4.69) is 74.2 Å². The molecule has 28 heavy (non-hydrogen) atoms. The van der Waals surface area contributed by atoms with E-state index >= 15 is 0 Å². The van der Waals surface area contributed by atoms with Crippen LogP contribution >= 0.6 is 0 Å². The van der Waals surface area contributed by atoms with Crippen LogP contribution in [0.2, 0.25) is 19.6 Å². The van der Waals surface area contributed by atoms with E-state index in [-0.39, 0.29) is 0 Å². The van der Waals surface area contributed by atoms with Crippen LogP contribution in [0.25, 0.3) is 54.3 Å². The molecular formula is C25H20O2Si. The molecule has 0 aliphatic rings. The van der Waals surface area contributed by atoms with E-state index in [1.54, 1.807) is 6.26 Å². The Labute approximate surface area is 163 Å². The van der Waals surface area contributed by atoms with Gasteiger partial charge in [-0.25, -0.2) is 0 Å². The Kier molecular flexibility index (Phi) is 3.00.